The number of hydrogen-bond acceptors (Lipinski definition) is 2. The van der Waals surface area contributed by atoms with E-state index in [2.05, 4.69) is 6.92 Å². The topological polar surface area (TPSA) is 35.2 Å². The molecule has 0 bridgehead atoms. The Hall–Kier alpha value is -0.930. The molecule has 15 heavy (non-hydrogen) atoms. The first-order valence-electron chi connectivity index (χ1n) is 5.37. The molecule has 0 radical (unpaired) electrons. The third-order valence-corrected chi connectivity index (χ3v) is 3.05. The van der Waals surface area contributed by atoms with E-state index in [9.17, 15) is 4.39 Å². The van der Waals surface area contributed by atoms with Crippen molar-refractivity contribution in [3.8, 4) is 0 Å². The van der Waals surface area contributed by atoms with E-state index in [0.717, 1.165) is 12.0 Å². The van der Waals surface area contributed by atoms with E-state index in [1.165, 1.54) is 6.07 Å². The number of halogens is 1. The Bertz CT molecular complexity index is 353. The van der Waals surface area contributed by atoms with Gasteiger partial charge in [-0.1, -0.05) is 19.1 Å². The molecule has 2 N–H and O–H groups in total. The number of rotatable bonds is 2. The largest absolute Gasteiger partial charge is 0.371 e. The molecular formula is C12H16FNO. The molecule has 3 heteroatoms. The van der Waals surface area contributed by atoms with Crippen molar-refractivity contribution in [2.45, 2.75) is 25.4 Å². The summed E-state index contributed by atoms with van der Waals surface area (Å²) in [5.41, 5.74) is 7.32. The van der Waals surface area contributed by atoms with Crippen molar-refractivity contribution < 1.29 is 9.13 Å². The fourth-order valence-corrected chi connectivity index (χ4v) is 2.18. The lowest BCUT2D eigenvalue weighted by molar-refractivity contribution is 0.0298. The maximum absolute atomic E-state index is 13.7. The Morgan fingerprint density at radius 1 is 1.53 bits per heavy atom. The van der Waals surface area contributed by atoms with Crippen molar-refractivity contribution in [3.63, 3.8) is 0 Å². The van der Waals surface area contributed by atoms with Gasteiger partial charge in [0.15, 0.2) is 0 Å². The van der Waals surface area contributed by atoms with Crippen LogP contribution in [0.1, 0.15) is 36.5 Å². The van der Waals surface area contributed by atoms with Crippen molar-refractivity contribution >= 4 is 0 Å². The Labute approximate surface area is 89.2 Å². The van der Waals surface area contributed by atoms with Crippen LogP contribution in [0.2, 0.25) is 0 Å². The maximum atomic E-state index is 13.7. The van der Waals surface area contributed by atoms with Crippen LogP contribution >= 0.6 is 0 Å². The SMILES string of the molecule is CC[C@H]1CO[C@@H](CN)c2c(F)cccc21. The molecule has 82 valence electrons. The van der Waals surface area contributed by atoms with Crippen molar-refractivity contribution in [1.82, 2.24) is 0 Å². The first kappa shape index (κ1) is 10.6. The van der Waals surface area contributed by atoms with E-state index in [0.29, 0.717) is 24.6 Å². The quantitative estimate of drug-likeness (QED) is 0.811. The summed E-state index contributed by atoms with van der Waals surface area (Å²) in [7, 11) is 0. The van der Waals surface area contributed by atoms with Crippen LogP contribution in [0.4, 0.5) is 4.39 Å². The molecule has 0 aliphatic carbocycles. The fraction of sp³-hybridized carbons (Fsp3) is 0.500. The zero-order valence-corrected chi connectivity index (χ0v) is 8.87. The lowest BCUT2D eigenvalue weighted by atomic mass is 9.87. The van der Waals surface area contributed by atoms with Crippen LogP contribution < -0.4 is 5.73 Å². The normalized spacial score (nSPS) is 25.0. The van der Waals surface area contributed by atoms with E-state index in [1.807, 2.05) is 6.07 Å². The highest BCUT2D eigenvalue weighted by Gasteiger charge is 2.28. The predicted octanol–water partition coefficient (Wildman–Crippen LogP) is 2.35. The highest BCUT2D eigenvalue weighted by Crippen LogP contribution is 2.36. The Kier molecular flexibility index (Phi) is 3.03. The van der Waals surface area contributed by atoms with Gasteiger partial charge in [-0.05, 0) is 18.1 Å². The molecule has 0 aromatic heterocycles. The van der Waals surface area contributed by atoms with Gasteiger partial charge in [-0.25, -0.2) is 4.39 Å². The van der Waals surface area contributed by atoms with Crippen LogP contribution in [0, 0.1) is 5.82 Å². The molecule has 2 rings (SSSR count). The molecule has 1 heterocycles. The summed E-state index contributed by atoms with van der Waals surface area (Å²) in [6, 6.07) is 5.22. The smallest absolute Gasteiger partial charge is 0.129 e. The molecule has 1 aromatic rings. The van der Waals surface area contributed by atoms with Crippen LogP contribution in [-0.4, -0.2) is 13.2 Å². The third kappa shape index (κ3) is 1.77. The van der Waals surface area contributed by atoms with Gasteiger partial charge in [-0.3, -0.25) is 0 Å². The van der Waals surface area contributed by atoms with Gasteiger partial charge in [0.2, 0.25) is 0 Å². The van der Waals surface area contributed by atoms with Crippen LogP contribution in [-0.2, 0) is 4.74 Å². The minimum atomic E-state index is -0.274. The van der Waals surface area contributed by atoms with E-state index in [1.54, 1.807) is 6.07 Å². The molecule has 2 atom stereocenters. The van der Waals surface area contributed by atoms with Crippen LogP contribution in [0.3, 0.4) is 0 Å². The van der Waals surface area contributed by atoms with Gasteiger partial charge < -0.3 is 10.5 Å². The summed E-state index contributed by atoms with van der Waals surface area (Å²) < 4.78 is 19.3. The third-order valence-electron chi connectivity index (χ3n) is 3.05. The van der Waals surface area contributed by atoms with E-state index < -0.39 is 0 Å². The van der Waals surface area contributed by atoms with Crippen molar-refractivity contribution in [3.05, 3.63) is 35.1 Å². The number of benzene rings is 1. The molecule has 0 spiro atoms. The predicted molar refractivity (Wildman–Crippen MR) is 57.2 cm³/mol. The molecule has 2 nitrogen and oxygen atoms in total. The number of hydrogen-bond donors (Lipinski definition) is 1. The molecule has 0 saturated carbocycles. The van der Waals surface area contributed by atoms with Crippen molar-refractivity contribution in [2.75, 3.05) is 13.2 Å². The molecule has 1 aliphatic rings. The highest BCUT2D eigenvalue weighted by atomic mass is 19.1. The van der Waals surface area contributed by atoms with Crippen LogP contribution in [0.25, 0.3) is 0 Å². The molecule has 0 saturated heterocycles. The number of nitrogens with two attached hydrogens (primary N) is 1. The Balaban J connectivity index is 2.48. The van der Waals surface area contributed by atoms with Gasteiger partial charge in [-0.2, -0.15) is 0 Å². The Morgan fingerprint density at radius 2 is 2.33 bits per heavy atom. The first-order chi connectivity index (χ1) is 7.27. The maximum Gasteiger partial charge on any atom is 0.129 e. The number of ether oxygens (including phenoxy) is 1. The summed E-state index contributed by atoms with van der Waals surface area (Å²) in [6.07, 6.45) is 0.692. The van der Waals surface area contributed by atoms with Crippen LogP contribution in [0.5, 0.6) is 0 Å². The van der Waals surface area contributed by atoms with Gasteiger partial charge in [0.05, 0.1) is 12.7 Å². The summed E-state index contributed by atoms with van der Waals surface area (Å²) >= 11 is 0. The monoisotopic (exact) mass is 209 g/mol. The van der Waals surface area contributed by atoms with Crippen molar-refractivity contribution in [1.29, 1.82) is 0 Å². The second kappa shape index (κ2) is 4.29. The first-order valence-corrected chi connectivity index (χ1v) is 5.37. The summed E-state index contributed by atoms with van der Waals surface area (Å²) in [5, 5.41) is 0. The standard InChI is InChI=1S/C12H16FNO/c1-2-8-7-15-11(6-14)12-9(8)4-3-5-10(12)13/h3-5,8,11H,2,6-7,14H2,1H3/t8-,11-/m0/s1. The van der Waals surface area contributed by atoms with E-state index in [4.69, 9.17) is 10.5 Å². The zero-order chi connectivity index (χ0) is 10.8. The Morgan fingerprint density at radius 3 is 3.00 bits per heavy atom. The average molecular weight is 209 g/mol. The van der Waals surface area contributed by atoms with E-state index >= 15 is 0 Å². The van der Waals surface area contributed by atoms with Crippen molar-refractivity contribution in [2.24, 2.45) is 5.73 Å². The summed E-state index contributed by atoms with van der Waals surface area (Å²) in [5.74, 6) is 0.111. The lowest BCUT2D eigenvalue weighted by Gasteiger charge is -2.31. The average Bonchev–Trinajstić information content (AvgIpc) is 2.28. The number of fused-ring (bicyclic) bond motifs is 1. The highest BCUT2D eigenvalue weighted by molar-refractivity contribution is 5.35. The second-order valence-corrected chi connectivity index (χ2v) is 3.91. The molecular weight excluding hydrogens is 193 g/mol. The molecule has 1 aliphatic heterocycles. The molecule has 0 unspecified atom stereocenters. The lowest BCUT2D eigenvalue weighted by Crippen LogP contribution is -2.27. The molecule has 1 aromatic carbocycles. The summed E-state index contributed by atoms with van der Waals surface area (Å²) in [4.78, 5) is 0. The fourth-order valence-electron chi connectivity index (χ4n) is 2.18. The van der Waals surface area contributed by atoms with Crippen LogP contribution in [0.15, 0.2) is 18.2 Å². The van der Waals surface area contributed by atoms with E-state index in [-0.39, 0.29) is 11.9 Å². The minimum absolute atomic E-state index is 0.193. The minimum Gasteiger partial charge on any atom is -0.371 e. The van der Waals surface area contributed by atoms with Gasteiger partial charge in [0, 0.05) is 18.0 Å². The molecule has 0 amide bonds. The second-order valence-electron chi connectivity index (χ2n) is 3.91. The zero-order valence-electron chi connectivity index (χ0n) is 8.87. The van der Waals surface area contributed by atoms with Gasteiger partial charge in [0.25, 0.3) is 0 Å². The van der Waals surface area contributed by atoms with Gasteiger partial charge in [-0.15, -0.1) is 0 Å². The summed E-state index contributed by atoms with van der Waals surface area (Å²) in [6.45, 7) is 3.07. The molecule has 0 fully saturated rings. The van der Waals surface area contributed by atoms with Gasteiger partial charge >= 0.3 is 0 Å². The van der Waals surface area contributed by atoms with Gasteiger partial charge in [0.1, 0.15) is 5.82 Å².